The van der Waals surface area contributed by atoms with Crippen molar-refractivity contribution in [2.75, 3.05) is 26.1 Å². The van der Waals surface area contributed by atoms with Crippen molar-refractivity contribution in [3.63, 3.8) is 0 Å². The van der Waals surface area contributed by atoms with E-state index < -0.39 is 19.1 Å². The second kappa shape index (κ2) is 3.73. The van der Waals surface area contributed by atoms with E-state index in [2.05, 4.69) is 4.74 Å². The molecule has 5 nitrogen and oxygen atoms in total. The van der Waals surface area contributed by atoms with E-state index in [4.69, 9.17) is 0 Å². The maximum absolute atomic E-state index is 11.5. The van der Waals surface area contributed by atoms with Crippen molar-refractivity contribution in [1.82, 2.24) is 4.90 Å². The van der Waals surface area contributed by atoms with Gasteiger partial charge in [-0.05, 0) is 20.3 Å². The summed E-state index contributed by atoms with van der Waals surface area (Å²) in [6, 6.07) is -0.249. The number of hydrogen-bond donors (Lipinski definition) is 0. The first kappa shape index (κ1) is 11.2. The van der Waals surface area contributed by atoms with Crippen LogP contribution in [0.3, 0.4) is 0 Å². The Morgan fingerprint density at radius 3 is 2.57 bits per heavy atom. The Morgan fingerprint density at radius 1 is 1.64 bits per heavy atom. The highest BCUT2D eigenvalue weighted by molar-refractivity contribution is 7.63. The lowest BCUT2D eigenvalue weighted by molar-refractivity contribution is -0.126. The minimum atomic E-state index is -2.43. The fourth-order valence-electron chi connectivity index (χ4n) is 1.27. The first-order valence-corrected chi connectivity index (χ1v) is 7.13. The van der Waals surface area contributed by atoms with E-state index in [0.29, 0.717) is 0 Å². The topological polar surface area (TPSA) is 63.7 Å². The average Bonchev–Trinajstić information content (AvgIpc) is 2.27. The predicted octanol–water partition coefficient (Wildman–Crippen LogP) is 0.976. The molecule has 6 heteroatoms. The SMILES string of the molecule is CC1COC(=O)N1C(=O)CP(C)(C)=O. The highest BCUT2D eigenvalue weighted by Gasteiger charge is 2.36. The van der Waals surface area contributed by atoms with E-state index >= 15 is 0 Å². The number of imide groups is 1. The monoisotopic (exact) mass is 219 g/mol. The van der Waals surface area contributed by atoms with Crippen molar-refractivity contribution in [2.24, 2.45) is 0 Å². The van der Waals surface area contributed by atoms with Crippen LogP contribution in [0.2, 0.25) is 0 Å². The van der Waals surface area contributed by atoms with E-state index in [1.54, 1.807) is 6.92 Å². The summed E-state index contributed by atoms with van der Waals surface area (Å²) >= 11 is 0. The molecule has 1 saturated heterocycles. The molecule has 1 rings (SSSR count). The van der Waals surface area contributed by atoms with Crippen molar-refractivity contribution in [2.45, 2.75) is 13.0 Å². The molecule has 0 bridgehead atoms. The molecule has 0 N–H and O–H groups in total. The summed E-state index contributed by atoms with van der Waals surface area (Å²) in [5.41, 5.74) is 0. The second-order valence-corrected chi connectivity index (χ2v) is 7.39. The van der Waals surface area contributed by atoms with Crippen molar-refractivity contribution in [1.29, 1.82) is 0 Å². The molecule has 0 aromatic heterocycles. The molecule has 1 heterocycles. The molecule has 1 aliphatic rings. The molecule has 1 atom stereocenters. The minimum Gasteiger partial charge on any atom is -0.447 e. The summed E-state index contributed by atoms with van der Waals surface area (Å²) in [5.74, 6) is -0.409. The second-order valence-electron chi connectivity index (χ2n) is 3.92. The number of carbonyl (C=O) groups is 2. The van der Waals surface area contributed by atoms with Gasteiger partial charge in [0.25, 0.3) is 0 Å². The van der Waals surface area contributed by atoms with E-state index in [1.165, 1.54) is 13.3 Å². The van der Waals surface area contributed by atoms with Crippen LogP contribution >= 0.6 is 7.14 Å². The van der Waals surface area contributed by atoms with E-state index in [9.17, 15) is 14.2 Å². The molecule has 0 spiro atoms. The molecule has 1 aliphatic heterocycles. The maximum atomic E-state index is 11.5. The molecule has 0 aliphatic carbocycles. The fraction of sp³-hybridized carbons (Fsp3) is 0.750. The van der Waals surface area contributed by atoms with Gasteiger partial charge in [-0.1, -0.05) is 0 Å². The van der Waals surface area contributed by atoms with Gasteiger partial charge in [0.05, 0.1) is 19.3 Å². The molecule has 0 aromatic rings. The van der Waals surface area contributed by atoms with Gasteiger partial charge in [-0.25, -0.2) is 9.69 Å². The van der Waals surface area contributed by atoms with Gasteiger partial charge < -0.3 is 9.30 Å². The first-order chi connectivity index (χ1) is 6.31. The van der Waals surface area contributed by atoms with Crippen molar-refractivity contribution in [3.8, 4) is 0 Å². The highest BCUT2D eigenvalue weighted by atomic mass is 31.2. The van der Waals surface area contributed by atoms with Crippen LogP contribution in [0.15, 0.2) is 0 Å². The van der Waals surface area contributed by atoms with Crippen LogP contribution in [0.5, 0.6) is 0 Å². The lowest BCUT2D eigenvalue weighted by Crippen LogP contribution is -2.38. The smallest absolute Gasteiger partial charge is 0.416 e. The third-order valence-electron chi connectivity index (χ3n) is 1.87. The van der Waals surface area contributed by atoms with Gasteiger partial charge in [-0.3, -0.25) is 4.79 Å². The molecule has 1 unspecified atom stereocenters. The van der Waals surface area contributed by atoms with Gasteiger partial charge in [0, 0.05) is 0 Å². The molecule has 80 valence electrons. The molecule has 14 heavy (non-hydrogen) atoms. The van der Waals surface area contributed by atoms with Crippen LogP contribution in [0.25, 0.3) is 0 Å². The van der Waals surface area contributed by atoms with Gasteiger partial charge in [-0.15, -0.1) is 0 Å². The van der Waals surface area contributed by atoms with Gasteiger partial charge in [0.15, 0.2) is 0 Å². The largest absolute Gasteiger partial charge is 0.447 e. The molecule has 2 amide bonds. The van der Waals surface area contributed by atoms with Crippen LogP contribution in [0.4, 0.5) is 4.79 Å². The predicted molar refractivity (Wildman–Crippen MR) is 52.0 cm³/mol. The van der Waals surface area contributed by atoms with Crippen LogP contribution < -0.4 is 0 Å². The molecular weight excluding hydrogens is 205 g/mol. The van der Waals surface area contributed by atoms with E-state index in [1.807, 2.05) is 0 Å². The number of ether oxygens (including phenoxy) is 1. The Bertz CT molecular complexity index is 308. The minimum absolute atomic E-state index is 0.0769. The third kappa shape index (κ3) is 2.58. The Kier molecular flexibility index (Phi) is 3.00. The standard InChI is InChI=1S/C8H14NO4P/c1-6-4-13-8(11)9(6)7(10)5-14(2,3)12/h6H,4-5H2,1-3H3. The molecule has 1 fully saturated rings. The average molecular weight is 219 g/mol. The summed E-state index contributed by atoms with van der Waals surface area (Å²) in [6.07, 6.45) is -0.706. The quantitative estimate of drug-likeness (QED) is 0.649. The van der Waals surface area contributed by atoms with Crippen LogP contribution in [-0.2, 0) is 14.1 Å². The lowest BCUT2D eigenvalue weighted by Gasteiger charge is -2.16. The summed E-state index contributed by atoms with van der Waals surface area (Å²) in [6.45, 7) is 5.00. The summed E-state index contributed by atoms with van der Waals surface area (Å²) in [7, 11) is -2.43. The fourth-order valence-corrected chi connectivity index (χ4v) is 2.07. The van der Waals surface area contributed by atoms with Crippen LogP contribution in [0, 0.1) is 0 Å². The Hall–Kier alpha value is -0.830. The number of rotatable bonds is 2. The molecular formula is C8H14NO4P. The Balaban J connectivity index is 2.69. The van der Waals surface area contributed by atoms with Crippen molar-refractivity contribution >= 4 is 19.1 Å². The maximum Gasteiger partial charge on any atom is 0.416 e. The Morgan fingerprint density at radius 2 is 2.21 bits per heavy atom. The molecule has 0 radical (unpaired) electrons. The summed E-state index contributed by atoms with van der Waals surface area (Å²) in [5, 5.41) is 0. The molecule has 0 saturated carbocycles. The first-order valence-electron chi connectivity index (χ1n) is 4.34. The number of cyclic esters (lactones) is 1. The number of carbonyl (C=O) groups excluding carboxylic acids is 2. The zero-order chi connectivity index (χ0) is 10.9. The summed E-state index contributed by atoms with van der Waals surface area (Å²) < 4.78 is 16.1. The Labute approximate surface area is 82.8 Å². The van der Waals surface area contributed by atoms with E-state index in [-0.39, 0.29) is 18.8 Å². The molecule has 0 aromatic carbocycles. The van der Waals surface area contributed by atoms with E-state index in [0.717, 1.165) is 4.90 Å². The zero-order valence-corrected chi connectivity index (χ0v) is 9.41. The van der Waals surface area contributed by atoms with Crippen molar-refractivity contribution < 1.29 is 18.9 Å². The third-order valence-corrected chi connectivity index (χ3v) is 2.90. The van der Waals surface area contributed by atoms with Gasteiger partial charge >= 0.3 is 6.09 Å². The summed E-state index contributed by atoms with van der Waals surface area (Å²) in [4.78, 5) is 23.7. The highest BCUT2D eigenvalue weighted by Crippen LogP contribution is 2.36. The van der Waals surface area contributed by atoms with Gasteiger partial charge in [0.2, 0.25) is 5.91 Å². The normalized spacial score (nSPS) is 22.4. The van der Waals surface area contributed by atoms with Gasteiger partial charge in [-0.2, -0.15) is 0 Å². The zero-order valence-electron chi connectivity index (χ0n) is 8.52. The number of amides is 2. The van der Waals surface area contributed by atoms with Crippen LogP contribution in [0.1, 0.15) is 6.92 Å². The lowest BCUT2D eigenvalue weighted by atomic mass is 10.3. The van der Waals surface area contributed by atoms with Crippen molar-refractivity contribution in [3.05, 3.63) is 0 Å². The number of hydrogen-bond acceptors (Lipinski definition) is 4. The van der Waals surface area contributed by atoms with Crippen LogP contribution in [-0.4, -0.2) is 49.0 Å². The number of nitrogens with zero attached hydrogens (tertiary/aromatic N) is 1. The van der Waals surface area contributed by atoms with Gasteiger partial charge in [0.1, 0.15) is 6.61 Å².